The van der Waals surface area contributed by atoms with Gasteiger partial charge in [0, 0.05) is 17.8 Å². The summed E-state index contributed by atoms with van der Waals surface area (Å²) in [4.78, 5) is 5.81. The maximum Gasteiger partial charge on any atom is 0.122 e. The van der Waals surface area contributed by atoms with Gasteiger partial charge in [0.15, 0.2) is 0 Å². The lowest BCUT2D eigenvalue weighted by molar-refractivity contribution is 0.319. The topological polar surface area (TPSA) is 48.1 Å². The summed E-state index contributed by atoms with van der Waals surface area (Å²) in [5.74, 6) is 0.953. The Kier molecular flexibility index (Phi) is 4.93. The lowest BCUT2D eigenvalue weighted by Crippen LogP contribution is -2.02. The van der Waals surface area contributed by atoms with E-state index >= 15 is 0 Å². The molecule has 2 aromatic rings. The van der Waals surface area contributed by atoms with Crippen molar-refractivity contribution in [2.45, 2.75) is 33.2 Å². The Hall–Kier alpha value is -1.39. The van der Waals surface area contributed by atoms with Crippen molar-refractivity contribution in [1.29, 1.82) is 0 Å². The van der Waals surface area contributed by atoms with E-state index < -0.39 is 0 Å². The first kappa shape index (κ1) is 14.0. The summed E-state index contributed by atoms with van der Waals surface area (Å²) < 4.78 is 5.79. The summed E-state index contributed by atoms with van der Waals surface area (Å²) in [6.45, 7) is 5.41. The van der Waals surface area contributed by atoms with Gasteiger partial charge in [-0.05, 0) is 25.0 Å². The predicted molar refractivity (Wildman–Crippen MR) is 79.8 cm³/mol. The lowest BCUT2D eigenvalue weighted by Gasteiger charge is -2.07. The third-order valence-corrected chi connectivity index (χ3v) is 4.19. The van der Waals surface area contributed by atoms with Crippen LogP contribution in [-0.4, -0.2) is 11.6 Å². The van der Waals surface area contributed by atoms with Crippen LogP contribution in [0.1, 0.15) is 28.1 Å². The highest BCUT2D eigenvalue weighted by atomic mass is 32.1. The maximum atomic E-state index is 5.79. The van der Waals surface area contributed by atoms with Crippen LogP contribution in [0.5, 0.6) is 5.75 Å². The third-order valence-electron chi connectivity index (χ3n) is 3.01. The molecule has 0 aliphatic rings. The van der Waals surface area contributed by atoms with Crippen LogP contribution in [0, 0.1) is 6.92 Å². The van der Waals surface area contributed by atoms with Crippen molar-refractivity contribution < 1.29 is 4.74 Å². The van der Waals surface area contributed by atoms with Gasteiger partial charge in [-0.2, -0.15) is 0 Å². The molecule has 2 rings (SSSR count). The van der Waals surface area contributed by atoms with Crippen LogP contribution in [0.3, 0.4) is 0 Å². The van der Waals surface area contributed by atoms with Gasteiger partial charge < -0.3 is 10.5 Å². The molecule has 1 aromatic heterocycles. The molecule has 0 amide bonds. The summed E-state index contributed by atoms with van der Waals surface area (Å²) in [6, 6.07) is 8.07. The molecule has 0 saturated heterocycles. The molecular weight excluding hydrogens is 256 g/mol. The first-order chi connectivity index (χ1) is 9.24. The van der Waals surface area contributed by atoms with Crippen molar-refractivity contribution in [1.82, 2.24) is 4.98 Å². The van der Waals surface area contributed by atoms with Crippen LogP contribution < -0.4 is 10.5 Å². The van der Waals surface area contributed by atoms with E-state index in [2.05, 4.69) is 24.9 Å². The van der Waals surface area contributed by atoms with Gasteiger partial charge in [0.25, 0.3) is 0 Å². The zero-order valence-corrected chi connectivity index (χ0v) is 12.3. The standard InChI is InChI=1S/C15H20N2OS/c1-3-12-14(10-16)19-15(17-12)8-9-18-13-7-5-4-6-11(13)2/h4-7H,3,8-10,16H2,1-2H3. The molecular formula is C15H20N2OS. The lowest BCUT2D eigenvalue weighted by atomic mass is 10.2. The Morgan fingerprint density at radius 2 is 2.11 bits per heavy atom. The highest BCUT2D eigenvalue weighted by Crippen LogP contribution is 2.20. The van der Waals surface area contributed by atoms with Crippen molar-refractivity contribution in [3.63, 3.8) is 0 Å². The largest absolute Gasteiger partial charge is 0.493 e. The smallest absolute Gasteiger partial charge is 0.122 e. The van der Waals surface area contributed by atoms with Gasteiger partial charge in [0.05, 0.1) is 17.3 Å². The van der Waals surface area contributed by atoms with Crippen molar-refractivity contribution >= 4 is 11.3 Å². The van der Waals surface area contributed by atoms with Gasteiger partial charge in [-0.15, -0.1) is 11.3 Å². The second-order valence-electron chi connectivity index (χ2n) is 4.40. The summed E-state index contributed by atoms with van der Waals surface area (Å²) >= 11 is 1.71. The molecule has 0 fully saturated rings. The summed E-state index contributed by atoms with van der Waals surface area (Å²) in [5, 5.41) is 1.12. The van der Waals surface area contributed by atoms with Gasteiger partial charge in [-0.25, -0.2) is 4.98 Å². The number of benzene rings is 1. The zero-order chi connectivity index (χ0) is 13.7. The minimum Gasteiger partial charge on any atom is -0.493 e. The third kappa shape index (κ3) is 3.55. The number of para-hydroxylation sites is 1. The maximum absolute atomic E-state index is 5.79. The average molecular weight is 276 g/mol. The first-order valence-electron chi connectivity index (χ1n) is 6.60. The van der Waals surface area contributed by atoms with Crippen molar-refractivity contribution in [2.24, 2.45) is 5.73 Å². The number of aryl methyl sites for hydroxylation is 2. The Bertz CT molecular complexity index is 515. The Balaban J connectivity index is 1.92. The molecule has 1 aromatic carbocycles. The van der Waals surface area contributed by atoms with Crippen LogP contribution >= 0.6 is 11.3 Å². The normalized spacial score (nSPS) is 10.7. The van der Waals surface area contributed by atoms with Crippen LogP contribution in [-0.2, 0) is 19.4 Å². The molecule has 19 heavy (non-hydrogen) atoms. The monoisotopic (exact) mass is 276 g/mol. The minimum atomic E-state index is 0.583. The molecule has 0 aliphatic heterocycles. The Morgan fingerprint density at radius 1 is 1.32 bits per heavy atom. The predicted octanol–water partition coefficient (Wildman–Crippen LogP) is 3.09. The highest BCUT2D eigenvalue weighted by Gasteiger charge is 2.08. The van der Waals surface area contributed by atoms with E-state index in [0.29, 0.717) is 13.2 Å². The highest BCUT2D eigenvalue weighted by molar-refractivity contribution is 7.11. The Morgan fingerprint density at radius 3 is 2.74 bits per heavy atom. The summed E-state index contributed by atoms with van der Waals surface area (Å²) in [6.07, 6.45) is 1.79. The number of thiazole rings is 1. The van der Waals surface area contributed by atoms with E-state index in [4.69, 9.17) is 10.5 Å². The molecule has 102 valence electrons. The summed E-state index contributed by atoms with van der Waals surface area (Å²) in [7, 11) is 0. The quantitative estimate of drug-likeness (QED) is 0.882. The van der Waals surface area contributed by atoms with E-state index in [1.54, 1.807) is 11.3 Å². The van der Waals surface area contributed by atoms with E-state index in [9.17, 15) is 0 Å². The van der Waals surface area contributed by atoms with Gasteiger partial charge >= 0.3 is 0 Å². The van der Waals surface area contributed by atoms with Crippen molar-refractivity contribution in [3.8, 4) is 5.75 Å². The number of ether oxygens (including phenoxy) is 1. The summed E-state index contributed by atoms with van der Waals surface area (Å²) in [5.41, 5.74) is 8.02. The molecule has 0 atom stereocenters. The minimum absolute atomic E-state index is 0.583. The second kappa shape index (κ2) is 6.68. The molecule has 0 radical (unpaired) electrons. The fourth-order valence-electron chi connectivity index (χ4n) is 1.95. The molecule has 0 unspecified atom stereocenters. The molecule has 0 aliphatic carbocycles. The molecule has 1 heterocycles. The van der Waals surface area contributed by atoms with E-state index in [-0.39, 0.29) is 0 Å². The molecule has 0 saturated carbocycles. The van der Waals surface area contributed by atoms with E-state index in [1.807, 2.05) is 18.2 Å². The number of hydrogen-bond acceptors (Lipinski definition) is 4. The zero-order valence-electron chi connectivity index (χ0n) is 11.5. The van der Waals surface area contributed by atoms with Crippen LogP contribution in [0.2, 0.25) is 0 Å². The second-order valence-corrected chi connectivity index (χ2v) is 5.57. The first-order valence-corrected chi connectivity index (χ1v) is 7.42. The molecule has 2 N–H and O–H groups in total. The fourth-order valence-corrected chi connectivity index (χ4v) is 2.96. The Labute approximate surface area is 118 Å². The van der Waals surface area contributed by atoms with Crippen LogP contribution in [0.25, 0.3) is 0 Å². The number of nitrogens with zero attached hydrogens (tertiary/aromatic N) is 1. The van der Waals surface area contributed by atoms with Gasteiger partial charge in [0.2, 0.25) is 0 Å². The van der Waals surface area contributed by atoms with Gasteiger partial charge in [-0.1, -0.05) is 25.1 Å². The SMILES string of the molecule is CCc1nc(CCOc2ccccc2C)sc1CN. The molecule has 0 spiro atoms. The average Bonchev–Trinajstić information content (AvgIpc) is 2.83. The van der Waals surface area contributed by atoms with Gasteiger partial charge in [-0.3, -0.25) is 0 Å². The number of nitrogens with two attached hydrogens (primary N) is 1. The molecule has 0 bridgehead atoms. The van der Waals surface area contributed by atoms with E-state index in [0.717, 1.165) is 29.3 Å². The van der Waals surface area contributed by atoms with Crippen molar-refractivity contribution in [3.05, 3.63) is 45.4 Å². The number of hydrogen-bond donors (Lipinski definition) is 1. The molecule has 3 nitrogen and oxygen atoms in total. The molecule has 4 heteroatoms. The fraction of sp³-hybridized carbons (Fsp3) is 0.400. The van der Waals surface area contributed by atoms with Crippen LogP contribution in [0.15, 0.2) is 24.3 Å². The van der Waals surface area contributed by atoms with Gasteiger partial charge in [0.1, 0.15) is 5.75 Å². The van der Waals surface area contributed by atoms with Crippen LogP contribution in [0.4, 0.5) is 0 Å². The van der Waals surface area contributed by atoms with E-state index in [1.165, 1.54) is 10.4 Å². The number of rotatable bonds is 6. The number of aromatic nitrogens is 1. The van der Waals surface area contributed by atoms with Crippen molar-refractivity contribution in [2.75, 3.05) is 6.61 Å².